The van der Waals surface area contributed by atoms with Crippen LogP contribution in [0.2, 0.25) is 0 Å². The van der Waals surface area contributed by atoms with Gasteiger partial charge in [0.2, 0.25) is 0 Å². The average Bonchev–Trinajstić information content (AvgIpc) is 2.39. The first-order valence-electron chi connectivity index (χ1n) is 5.58. The minimum Gasteiger partial charge on any atom is -0.383 e. The van der Waals surface area contributed by atoms with Crippen LogP contribution in [0.15, 0.2) is 24.3 Å². The second-order valence-electron chi connectivity index (χ2n) is 3.79. The number of nitriles is 1. The third kappa shape index (κ3) is 4.74. The van der Waals surface area contributed by atoms with E-state index in [4.69, 9.17) is 21.6 Å². The van der Waals surface area contributed by atoms with Crippen molar-refractivity contribution in [1.29, 1.82) is 5.26 Å². The number of methoxy groups -OCH3 is 1. The van der Waals surface area contributed by atoms with Gasteiger partial charge in [0.25, 0.3) is 5.91 Å². The van der Waals surface area contributed by atoms with E-state index in [0.717, 1.165) is 0 Å². The van der Waals surface area contributed by atoms with E-state index in [1.54, 1.807) is 31.4 Å². The Hall–Kier alpha value is -1.57. The number of hydrogen-bond donors (Lipinski definition) is 1. The molecule has 0 bridgehead atoms. The van der Waals surface area contributed by atoms with Crippen molar-refractivity contribution in [2.24, 2.45) is 0 Å². The third-order valence-corrected chi connectivity index (χ3v) is 2.69. The van der Waals surface area contributed by atoms with Crippen molar-refractivity contribution in [3.63, 3.8) is 0 Å². The first-order chi connectivity index (χ1) is 8.67. The lowest BCUT2D eigenvalue weighted by molar-refractivity contribution is 0.0951. The molecule has 1 unspecified atom stereocenters. The van der Waals surface area contributed by atoms with E-state index in [-0.39, 0.29) is 11.3 Å². The molecule has 0 aliphatic rings. The summed E-state index contributed by atoms with van der Waals surface area (Å²) in [4.78, 5) is 11.8. The third-order valence-electron chi connectivity index (χ3n) is 2.34. The minimum atomic E-state index is -0.201. The Bertz CT molecular complexity index is 443. The Morgan fingerprint density at radius 2 is 2.39 bits per heavy atom. The molecule has 0 saturated heterocycles. The fraction of sp³-hybridized carbons (Fsp3) is 0.385. The SMILES string of the molecule is COCC(Cl)CCNC(=O)c1cccc(C#N)c1. The topological polar surface area (TPSA) is 62.1 Å². The molecule has 0 fully saturated rings. The standard InChI is InChI=1S/C13H15ClN2O2/c1-18-9-12(14)5-6-16-13(17)11-4-2-3-10(7-11)8-15/h2-4,7,12H,5-6,9H2,1H3,(H,16,17). The van der Waals surface area contributed by atoms with E-state index in [0.29, 0.717) is 30.7 Å². The number of nitrogens with one attached hydrogen (secondary N) is 1. The monoisotopic (exact) mass is 266 g/mol. The van der Waals surface area contributed by atoms with Crippen LogP contribution in [0.1, 0.15) is 22.3 Å². The number of alkyl halides is 1. The molecule has 1 atom stereocenters. The van der Waals surface area contributed by atoms with Crippen LogP contribution < -0.4 is 5.32 Å². The van der Waals surface area contributed by atoms with Crippen LogP contribution in [0.5, 0.6) is 0 Å². The van der Waals surface area contributed by atoms with Gasteiger partial charge >= 0.3 is 0 Å². The van der Waals surface area contributed by atoms with Gasteiger partial charge in [-0.1, -0.05) is 6.07 Å². The van der Waals surface area contributed by atoms with E-state index in [9.17, 15) is 4.79 Å². The highest BCUT2D eigenvalue weighted by molar-refractivity contribution is 6.20. The van der Waals surface area contributed by atoms with Crippen molar-refractivity contribution in [3.8, 4) is 6.07 Å². The van der Waals surface area contributed by atoms with Crippen molar-refractivity contribution in [2.45, 2.75) is 11.8 Å². The number of amides is 1. The van der Waals surface area contributed by atoms with Gasteiger partial charge in [-0.25, -0.2) is 0 Å². The van der Waals surface area contributed by atoms with Gasteiger partial charge in [0, 0.05) is 19.2 Å². The van der Waals surface area contributed by atoms with E-state index >= 15 is 0 Å². The predicted octanol–water partition coefficient (Wildman–Crippen LogP) is 1.93. The van der Waals surface area contributed by atoms with Crippen molar-refractivity contribution < 1.29 is 9.53 Å². The van der Waals surface area contributed by atoms with Gasteiger partial charge in [0.1, 0.15) is 0 Å². The molecule has 0 heterocycles. The first-order valence-corrected chi connectivity index (χ1v) is 6.02. The zero-order valence-electron chi connectivity index (χ0n) is 10.1. The maximum atomic E-state index is 11.8. The van der Waals surface area contributed by atoms with E-state index in [1.165, 1.54) is 0 Å². The lowest BCUT2D eigenvalue weighted by atomic mass is 10.1. The fourth-order valence-corrected chi connectivity index (χ4v) is 1.67. The minimum absolute atomic E-state index is 0.110. The second kappa shape index (κ2) is 7.70. The van der Waals surface area contributed by atoms with Gasteiger partial charge < -0.3 is 10.1 Å². The number of carbonyl (C=O) groups excluding carboxylic acids is 1. The van der Waals surface area contributed by atoms with Gasteiger partial charge in [0.15, 0.2) is 0 Å². The van der Waals surface area contributed by atoms with Gasteiger partial charge in [-0.2, -0.15) is 5.26 Å². The maximum Gasteiger partial charge on any atom is 0.251 e. The quantitative estimate of drug-likeness (QED) is 0.801. The summed E-state index contributed by atoms with van der Waals surface area (Å²) in [5, 5.41) is 11.4. The Labute approximate surface area is 112 Å². The van der Waals surface area contributed by atoms with Gasteiger partial charge in [-0.15, -0.1) is 11.6 Å². The highest BCUT2D eigenvalue weighted by Crippen LogP contribution is 2.05. The number of nitrogens with zero attached hydrogens (tertiary/aromatic N) is 1. The van der Waals surface area contributed by atoms with Crippen molar-refractivity contribution >= 4 is 17.5 Å². The zero-order valence-corrected chi connectivity index (χ0v) is 10.9. The summed E-state index contributed by atoms with van der Waals surface area (Å²) in [6.45, 7) is 0.939. The molecule has 1 amide bonds. The highest BCUT2D eigenvalue weighted by atomic mass is 35.5. The van der Waals surface area contributed by atoms with Crippen LogP contribution in [0.4, 0.5) is 0 Å². The summed E-state index contributed by atoms with van der Waals surface area (Å²) in [6, 6.07) is 8.56. The maximum absolute atomic E-state index is 11.8. The largest absolute Gasteiger partial charge is 0.383 e. The molecule has 0 aliphatic heterocycles. The van der Waals surface area contributed by atoms with Crippen LogP contribution in [0.3, 0.4) is 0 Å². The molecule has 1 rings (SSSR count). The Morgan fingerprint density at radius 1 is 1.61 bits per heavy atom. The molecule has 0 aromatic heterocycles. The molecular weight excluding hydrogens is 252 g/mol. The summed E-state index contributed by atoms with van der Waals surface area (Å²) in [5.74, 6) is -0.201. The first kappa shape index (κ1) is 14.5. The second-order valence-corrected chi connectivity index (χ2v) is 4.41. The number of ether oxygens (including phenoxy) is 1. The molecule has 5 heteroatoms. The molecule has 1 N–H and O–H groups in total. The summed E-state index contributed by atoms with van der Waals surface area (Å²) in [7, 11) is 1.58. The predicted molar refractivity (Wildman–Crippen MR) is 69.6 cm³/mol. The van der Waals surface area contributed by atoms with Crippen LogP contribution in [0.25, 0.3) is 0 Å². The lowest BCUT2D eigenvalue weighted by Gasteiger charge is -2.09. The van der Waals surface area contributed by atoms with Gasteiger partial charge in [-0.05, 0) is 24.6 Å². The Balaban J connectivity index is 2.43. The normalized spacial score (nSPS) is 11.6. The van der Waals surface area contributed by atoms with Crippen molar-refractivity contribution in [1.82, 2.24) is 5.32 Å². The fourth-order valence-electron chi connectivity index (χ4n) is 1.44. The Kier molecular flexibility index (Phi) is 6.20. The highest BCUT2D eigenvalue weighted by Gasteiger charge is 2.08. The van der Waals surface area contributed by atoms with E-state index < -0.39 is 0 Å². The smallest absolute Gasteiger partial charge is 0.251 e. The number of rotatable bonds is 6. The van der Waals surface area contributed by atoms with Gasteiger partial charge in [0.05, 0.1) is 23.6 Å². The van der Waals surface area contributed by atoms with Crippen molar-refractivity contribution in [2.75, 3.05) is 20.3 Å². The van der Waals surface area contributed by atoms with Crippen LogP contribution in [0, 0.1) is 11.3 Å². The summed E-state index contributed by atoms with van der Waals surface area (Å²) < 4.78 is 4.90. The zero-order chi connectivity index (χ0) is 13.4. The van der Waals surface area contributed by atoms with Crippen LogP contribution in [-0.2, 0) is 4.74 Å². The summed E-state index contributed by atoms with van der Waals surface area (Å²) in [5.41, 5.74) is 0.948. The molecule has 0 spiro atoms. The van der Waals surface area contributed by atoms with Crippen LogP contribution >= 0.6 is 11.6 Å². The molecule has 0 aliphatic carbocycles. The van der Waals surface area contributed by atoms with E-state index in [2.05, 4.69) is 5.32 Å². The molecule has 18 heavy (non-hydrogen) atoms. The number of hydrogen-bond acceptors (Lipinski definition) is 3. The summed E-state index contributed by atoms with van der Waals surface area (Å²) >= 11 is 5.94. The molecule has 0 radical (unpaired) electrons. The van der Waals surface area contributed by atoms with Gasteiger partial charge in [-0.3, -0.25) is 4.79 Å². The van der Waals surface area contributed by atoms with Crippen molar-refractivity contribution in [3.05, 3.63) is 35.4 Å². The Morgan fingerprint density at radius 3 is 3.06 bits per heavy atom. The number of halogens is 1. The summed E-state index contributed by atoms with van der Waals surface area (Å²) in [6.07, 6.45) is 0.638. The van der Waals surface area contributed by atoms with Crippen LogP contribution in [-0.4, -0.2) is 31.5 Å². The number of carbonyl (C=O) groups is 1. The average molecular weight is 267 g/mol. The molecule has 4 nitrogen and oxygen atoms in total. The molecule has 1 aromatic carbocycles. The van der Waals surface area contributed by atoms with E-state index in [1.807, 2.05) is 6.07 Å². The molecule has 0 saturated carbocycles. The molecule has 1 aromatic rings. The lowest BCUT2D eigenvalue weighted by Crippen LogP contribution is -2.27. The molecular formula is C13H15ClN2O2. The molecule has 96 valence electrons. The number of benzene rings is 1.